The summed E-state index contributed by atoms with van der Waals surface area (Å²) in [6, 6.07) is 9.85. The van der Waals surface area contributed by atoms with E-state index in [4.69, 9.17) is 0 Å². The van der Waals surface area contributed by atoms with Gasteiger partial charge in [-0.05, 0) is 31.9 Å². The van der Waals surface area contributed by atoms with Crippen molar-refractivity contribution in [3.63, 3.8) is 0 Å². The summed E-state index contributed by atoms with van der Waals surface area (Å²) in [6.45, 7) is 7.77. The van der Waals surface area contributed by atoms with E-state index in [0.717, 1.165) is 5.69 Å². The number of nitrogens with one attached hydrogen (secondary N) is 1. The summed E-state index contributed by atoms with van der Waals surface area (Å²) >= 11 is 0. The molecule has 2 saturated heterocycles. The van der Waals surface area contributed by atoms with E-state index in [1.54, 1.807) is 4.90 Å². The maximum Gasteiger partial charge on any atom is 0.250 e. The van der Waals surface area contributed by atoms with E-state index in [9.17, 15) is 14.4 Å². The van der Waals surface area contributed by atoms with Gasteiger partial charge in [0.2, 0.25) is 11.8 Å². The average Bonchev–Trinajstić information content (AvgIpc) is 2.95. The average molecular weight is 386 g/mol. The summed E-state index contributed by atoms with van der Waals surface area (Å²) in [5.41, 5.74) is 0.277. The summed E-state index contributed by atoms with van der Waals surface area (Å²) in [7, 11) is 0. The molecule has 0 radical (unpaired) electrons. The highest BCUT2D eigenvalue weighted by molar-refractivity contribution is 5.96. The lowest BCUT2D eigenvalue weighted by Gasteiger charge is -2.43. The molecule has 2 aliphatic rings. The van der Waals surface area contributed by atoms with Crippen LogP contribution in [0.15, 0.2) is 30.3 Å². The number of piperidine rings is 1. The normalized spacial score (nSPS) is 18.9. The van der Waals surface area contributed by atoms with Crippen molar-refractivity contribution in [2.45, 2.75) is 39.2 Å². The number of para-hydroxylation sites is 1. The Morgan fingerprint density at radius 2 is 1.79 bits per heavy atom. The van der Waals surface area contributed by atoms with Gasteiger partial charge < -0.3 is 20.0 Å². The van der Waals surface area contributed by atoms with E-state index in [-0.39, 0.29) is 30.2 Å². The minimum atomic E-state index is -0.693. The molecule has 7 heteroatoms. The van der Waals surface area contributed by atoms with Gasteiger partial charge >= 0.3 is 0 Å². The van der Waals surface area contributed by atoms with E-state index in [1.807, 2.05) is 56.0 Å². The monoisotopic (exact) mass is 386 g/mol. The predicted molar refractivity (Wildman–Crippen MR) is 108 cm³/mol. The van der Waals surface area contributed by atoms with Crippen LogP contribution in [-0.2, 0) is 14.4 Å². The molecule has 3 amide bonds. The molecule has 0 aliphatic carbocycles. The number of rotatable bonds is 5. The lowest BCUT2D eigenvalue weighted by atomic mass is 9.85. The van der Waals surface area contributed by atoms with E-state index in [2.05, 4.69) is 10.2 Å². The third kappa shape index (κ3) is 3.70. The van der Waals surface area contributed by atoms with Crippen LogP contribution in [0.5, 0.6) is 0 Å². The van der Waals surface area contributed by atoms with Crippen LogP contribution in [0.1, 0.15) is 33.6 Å². The Morgan fingerprint density at radius 1 is 1.14 bits per heavy atom. The topological polar surface area (TPSA) is 73.0 Å². The van der Waals surface area contributed by atoms with Crippen molar-refractivity contribution in [2.24, 2.45) is 5.92 Å². The molecule has 2 fully saturated rings. The number of anilines is 1. The van der Waals surface area contributed by atoms with Gasteiger partial charge in [0, 0.05) is 31.2 Å². The van der Waals surface area contributed by atoms with E-state index < -0.39 is 5.54 Å². The van der Waals surface area contributed by atoms with Crippen LogP contribution in [-0.4, -0.2) is 65.9 Å². The SMILES string of the molecule is CCNC(=O)CN1CN(c2ccccc2)C2(CCN(C(=O)C(C)C)CC2)C1=O. The number of hydrogen-bond acceptors (Lipinski definition) is 4. The highest BCUT2D eigenvalue weighted by atomic mass is 16.2. The largest absolute Gasteiger partial charge is 0.355 e. The van der Waals surface area contributed by atoms with Crippen molar-refractivity contribution < 1.29 is 14.4 Å². The molecule has 1 aromatic rings. The fourth-order valence-electron chi connectivity index (χ4n) is 4.21. The Hall–Kier alpha value is -2.57. The van der Waals surface area contributed by atoms with Gasteiger partial charge in [-0.3, -0.25) is 14.4 Å². The molecular formula is C21H30N4O3. The standard InChI is InChI=1S/C21H30N4O3/c1-4-22-18(26)14-24-15-25(17-8-6-5-7-9-17)21(20(24)28)10-12-23(13-11-21)19(27)16(2)3/h5-9,16H,4,10-15H2,1-3H3,(H,22,26). The Kier molecular flexibility index (Phi) is 5.91. The first kappa shape index (κ1) is 20.2. The Balaban J connectivity index is 1.84. The zero-order valence-corrected chi connectivity index (χ0v) is 17.0. The number of hydrogen-bond donors (Lipinski definition) is 1. The number of carbonyl (C=O) groups is 3. The Bertz CT molecular complexity index is 726. The lowest BCUT2D eigenvalue weighted by Crippen LogP contribution is -2.57. The van der Waals surface area contributed by atoms with Crippen molar-refractivity contribution in [2.75, 3.05) is 37.7 Å². The summed E-state index contributed by atoms with van der Waals surface area (Å²) < 4.78 is 0. The first-order valence-electron chi connectivity index (χ1n) is 10.1. The molecule has 7 nitrogen and oxygen atoms in total. The molecule has 152 valence electrons. The zero-order valence-electron chi connectivity index (χ0n) is 17.0. The van der Waals surface area contributed by atoms with Gasteiger partial charge in [0.15, 0.2) is 0 Å². The minimum absolute atomic E-state index is 0.0146. The maximum absolute atomic E-state index is 13.4. The third-order valence-corrected chi connectivity index (χ3v) is 5.69. The molecule has 0 aromatic heterocycles. The minimum Gasteiger partial charge on any atom is -0.355 e. The third-order valence-electron chi connectivity index (χ3n) is 5.69. The lowest BCUT2D eigenvalue weighted by molar-refractivity contribution is -0.141. The number of benzene rings is 1. The van der Waals surface area contributed by atoms with Gasteiger partial charge in [-0.15, -0.1) is 0 Å². The maximum atomic E-state index is 13.4. The smallest absolute Gasteiger partial charge is 0.250 e. The van der Waals surface area contributed by atoms with Gasteiger partial charge in [-0.25, -0.2) is 0 Å². The molecule has 1 N–H and O–H groups in total. The van der Waals surface area contributed by atoms with Gasteiger partial charge in [-0.2, -0.15) is 0 Å². The molecule has 1 aromatic carbocycles. The van der Waals surface area contributed by atoms with Crippen LogP contribution < -0.4 is 10.2 Å². The molecule has 0 saturated carbocycles. The number of nitrogens with zero attached hydrogens (tertiary/aromatic N) is 3. The van der Waals surface area contributed by atoms with Crippen molar-refractivity contribution in [1.29, 1.82) is 0 Å². The second-order valence-corrected chi connectivity index (χ2v) is 7.87. The van der Waals surface area contributed by atoms with Gasteiger partial charge in [0.1, 0.15) is 12.1 Å². The van der Waals surface area contributed by atoms with Crippen LogP contribution in [0.25, 0.3) is 0 Å². The number of carbonyl (C=O) groups excluding carboxylic acids is 3. The fourth-order valence-corrected chi connectivity index (χ4v) is 4.21. The summed E-state index contributed by atoms with van der Waals surface area (Å²) in [4.78, 5) is 43.5. The molecule has 1 spiro atoms. The second kappa shape index (κ2) is 8.20. The van der Waals surface area contributed by atoms with Crippen molar-refractivity contribution in [3.8, 4) is 0 Å². The summed E-state index contributed by atoms with van der Waals surface area (Å²) in [6.07, 6.45) is 1.15. The molecule has 2 aliphatic heterocycles. The molecule has 0 unspecified atom stereocenters. The first-order chi connectivity index (χ1) is 13.4. The Morgan fingerprint density at radius 3 is 2.36 bits per heavy atom. The van der Waals surface area contributed by atoms with Gasteiger partial charge in [-0.1, -0.05) is 32.0 Å². The molecule has 0 bridgehead atoms. The van der Waals surface area contributed by atoms with Crippen LogP contribution in [0.2, 0.25) is 0 Å². The van der Waals surface area contributed by atoms with E-state index >= 15 is 0 Å². The summed E-state index contributed by atoms with van der Waals surface area (Å²) in [5.74, 6) is -0.0777. The van der Waals surface area contributed by atoms with Crippen molar-refractivity contribution in [1.82, 2.24) is 15.1 Å². The molecular weight excluding hydrogens is 356 g/mol. The molecule has 2 heterocycles. The molecule has 3 rings (SSSR count). The molecule has 0 atom stereocenters. The van der Waals surface area contributed by atoms with Crippen LogP contribution in [0.3, 0.4) is 0 Å². The highest BCUT2D eigenvalue weighted by Gasteiger charge is 2.54. The number of amides is 3. The number of likely N-dealkylation sites (N-methyl/N-ethyl adjacent to an activating group) is 1. The first-order valence-corrected chi connectivity index (χ1v) is 10.1. The number of likely N-dealkylation sites (tertiary alicyclic amines) is 1. The Labute approximate surface area is 166 Å². The fraction of sp³-hybridized carbons (Fsp3) is 0.571. The van der Waals surface area contributed by atoms with Crippen LogP contribution in [0.4, 0.5) is 5.69 Å². The molecule has 28 heavy (non-hydrogen) atoms. The predicted octanol–water partition coefficient (Wildman–Crippen LogP) is 1.45. The van der Waals surface area contributed by atoms with Gasteiger partial charge in [0.05, 0.1) is 6.67 Å². The van der Waals surface area contributed by atoms with Crippen molar-refractivity contribution >= 4 is 23.4 Å². The highest BCUT2D eigenvalue weighted by Crippen LogP contribution is 2.39. The van der Waals surface area contributed by atoms with Crippen molar-refractivity contribution in [3.05, 3.63) is 30.3 Å². The van der Waals surface area contributed by atoms with Crippen LogP contribution >= 0.6 is 0 Å². The van der Waals surface area contributed by atoms with Crippen LogP contribution in [0, 0.1) is 5.92 Å². The zero-order chi connectivity index (χ0) is 20.3. The van der Waals surface area contributed by atoms with E-state index in [0.29, 0.717) is 39.1 Å². The second-order valence-electron chi connectivity index (χ2n) is 7.87. The van der Waals surface area contributed by atoms with E-state index in [1.165, 1.54) is 0 Å². The summed E-state index contributed by atoms with van der Waals surface area (Å²) in [5, 5.41) is 2.77. The quantitative estimate of drug-likeness (QED) is 0.831. The van der Waals surface area contributed by atoms with Gasteiger partial charge in [0.25, 0.3) is 5.91 Å².